The van der Waals surface area contributed by atoms with Crippen molar-refractivity contribution in [2.24, 2.45) is 0 Å². The van der Waals surface area contributed by atoms with Gasteiger partial charge in [-0.3, -0.25) is 0 Å². The van der Waals surface area contributed by atoms with Crippen molar-refractivity contribution < 1.29 is 8.78 Å². The van der Waals surface area contributed by atoms with Gasteiger partial charge in [0.1, 0.15) is 5.82 Å². The van der Waals surface area contributed by atoms with Crippen molar-refractivity contribution >= 4 is 0 Å². The minimum atomic E-state index is -0.597. The maximum absolute atomic E-state index is 13.3. The lowest BCUT2D eigenvalue weighted by atomic mass is 9.90. The van der Waals surface area contributed by atoms with E-state index in [0.29, 0.717) is 5.56 Å². The molecule has 0 saturated carbocycles. The molecule has 0 aliphatic carbocycles. The molecule has 0 aromatic carbocycles. The molecule has 1 fully saturated rings. The van der Waals surface area contributed by atoms with Crippen LogP contribution in [0, 0.1) is 11.8 Å². The summed E-state index contributed by atoms with van der Waals surface area (Å²) in [5.74, 6) is -0.855. The number of pyridine rings is 1. The minimum Gasteiger partial charge on any atom is -0.317 e. The van der Waals surface area contributed by atoms with E-state index in [-0.39, 0.29) is 5.92 Å². The van der Waals surface area contributed by atoms with Crippen molar-refractivity contribution in [1.82, 2.24) is 10.3 Å². The number of hydrogen-bond acceptors (Lipinski definition) is 2. The van der Waals surface area contributed by atoms with E-state index in [1.807, 2.05) is 0 Å². The van der Waals surface area contributed by atoms with E-state index >= 15 is 0 Å². The summed E-state index contributed by atoms with van der Waals surface area (Å²) in [6.07, 6.45) is 2.69. The summed E-state index contributed by atoms with van der Waals surface area (Å²) in [4.78, 5) is 3.28. The van der Waals surface area contributed by atoms with Crippen LogP contribution < -0.4 is 5.32 Å². The molecule has 1 aromatic rings. The van der Waals surface area contributed by atoms with Gasteiger partial charge in [0.2, 0.25) is 5.95 Å². The molecule has 4 heteroatoms. The zero-order chi connectivity index (χ0) is 9.97. The van der Waals surface area contributed by atoms with Gasteiger partial charge in [-0.25, -0.2) is 9.37 Å². The minimum absolute atomic E-state index is 0.133. The monoisotopic (exact) mass is 198 g/mol. The summed E-state index contributed by atoms with van der Waals surface area (Å²) >= 11 is 0. The first-order chi connectivity index (χ1) is 6.77. The van der Waals surface area contributed by atoms with Crippen molar-refractivity contribution in [2.45, 2.75) is 18.8 Å². The van der Waals surface area contributed by atoms with Crippen LogP contribution in [0.1, 0.15) is 24.3 Å². The summed E-state index contributed by atoms with van der Waals surface area (Å²) in [5, 5.41) is 3.19. The van der Waals surface area contributed by atoms with Crippen molar-refractivity contribution in [3.63, 3.8) is 0 Å². The highest BCUT2D eigenvalue weighted by Crippen LogP contribution is 2.27. The van der Waals surface area contributed by atoms with E-state index in [9.17, 15) is 8.78 Å². The van der Waals surface area contributed by atoms with Gasteiger partial charge in [-0.15, -0.1) is 0 Å². The van der Waals surface area contributed by atoms with Crippen LogP contribution in [0.4, 0.5) is 8.78 Å². The first kappa shape index (κ1) is 9.52. The fourth-order valence-corrected chi connectivity index (χ4v) is 1.87. The second-order valence-corrected chi connectivity index (χ2v) is 3.55. The van der Waals surface area contributed by atoms with Crippen LogP contribution in [0.3, 0.4) is 0 Å². The molecule has 2 nitrogen and oxygen atoms in total. The second-order valence-electron chi connectivity index (χ2n) is 3.55. The van der Waals surface area contributed by atoms with E-state index in [0.717, 1.165) is 32.1 Å². The van der Waals surface area contributed by atoms with E-state index in [1.165, 1.54) is 6.07 Å². The Hall–Kier alpha value is -1.03. The number of piperidine rings is 1. The molecule has 2 rings (SSSR count). The van der Waals surface area contributed by atoms with Gasteiger partial charge >= 0.3 is 0 Å². The van der Waals surface area contributed by atoms with Crippen molar-refractivity contribution in [3.8, 4) is 0 Å². The van der Waals surface area contributed by atoms with Crippen LogP contribution >= 0.6 is 0 Å². The molecule has 1 saturated heterocycles. The molecule has 0 bridgehead atoms. The smallest absolute Gasteiger partial charge is 0.213 e. The molecule has 14 heavy (non-hydrogen) atoms. The lowest BCUT2D eigenvalue weighted by molar-refractivity contribution is 0.439. The lowest BCUT2D eigenvalue weighted by Gasteiger charge is -2.23. The number of hydrogen-bond donors (Lipinski definition) is 1. The van der Waals surface area contributed by atoms with Crippen LogP contribution in [0.15, 0.2) is 12.3 Å². The number of halogens is 2. The molecule has 1 aliphatic heterocycles. The normalized spacial score (nSPS) is 18.4. The van der Waals surface area contributed by atoms with Gasteiger partial charge in [0.25, 0.3) is 0 Å². The summed E-state index contributed by atoms with van der Waals surface area (Å²) in [6, 6.07) is 1.21. The van der Waals surface area contributed by atoms with Gasteiger partial charge in [0, 0.05) is 0 Å². The quantitative estimate of drug-likeness (QED) is 0.696. The van der Waals surface area contributed by atoms with Crippen LogP contribution in [0.25, 0.3) is 0 Å². The number of nitrogens with zero attached hydrogens (tertiary/aromatic N) is 1. The molecule has 0 amide bonds. The Bertz CT molecular complexity index is 322. The zero-order valence-electron chi connectivity index (χ0n) is 7.76. The van der Waals surface area contributed by atoms with Gasteiger partial charge in [-0.2, -0.15) is 4.39 Å². The summed E-state index contributed by atoms with van der Waals surface area (Å²) in [6.45, 7) is 1.74. The number of aromatic nitrogens is 1. The SMILES string of the molecule is Fc1cc(C2CCNCC2)c(F)cn1. The van der Waals surface area contributed by atoms with Crippen LogP contribution in [-0.2, 0) is 0 Å². The summed E-state index contributed by atoms with van der Waals surface area (Å²) in [5.41, 5.74) is 0.471. The molecular formula is C10H12F2N2. The molecule has 0 atom stereocenters. The maximum atomic E-state index is 13.3. The van der Waals surface area contributed by atoms with Crippen molar-refractivity contribution in [3.05, 3.63) is 29.6 Å². The predicted octanol–water partition coefficient (Wildman–Crippen LogP) is 1.83. The Morgan fingerprint density at radius 3 is 2.71 bits per heavy atom. The average molecular weight is 198 g/mol. The standard InChI is InChI=1S/C10H12F2N2/c11-9-6-14-10(12)5-8(9)7-1-3-13-4-2-7/h5-7,13H,1-4H2. The van der Waals surface area contributed by atoms with E-state index < -0.39 is 11.8 Å². The topological polar surface area (TPSA) is 24.9 Å². The largest absolute Gasteiger partial charge is 0.317 e. The molecule has 0 radical (unpaired) electrons. The summed E-state index contributed by atoms with van der Waals surface area (Å²) < 4.78 is 26.1. The summed E-state index contributed by atoms with van der Waals surface area (Å²) in [7, 11) is 0. The predicted molar refractivity (Wildman–Crippen MR) is 49.0 cm³/mol. The Morgan fingerprint density at radius 1 is 1.29 bits per heavy atom. The first-order valence-corrected chi connectivity index (χ1v) is 4.79. The van der Waals surface area contributed by atoms with Crippen molar-refractivity contribution in [2.75, 3.05) is 13.1 Å². The van der Waals surface area contributed by atoms with E-state index in [2.05, 4.69) is 10.3 Å². The number of rotatable bonds is 1. The molecule has 1 aromatic heterocycles. The van der Waals surface area contributed by atoms with Crippen molar-refractivity contribution in [1.29, 1.82) is 0 Å². The second kappa shape index (κ2) is 4.00. The lowest BCUT2D eigenvalue weighted by Crippen LogP contribution is -2.27. The highest BCUT2D eigenvalue weighted by atomic mass is 19.1. The highest BCUT2D eigenvalue weighted by molar-refractivity contribution is 5.19. The third kappa shape index (κ3) is 1.90. The molecular weight excluding hydrogens is 186 g/mol. The zero-order valence-corrected chi connectivity index (χ0v) is 7.76. The van der Waals surface area contributed by atoms with Gasteiger partial charge in [-0.1, -0.05) is 0 Å². The Morgan fingerprint density at radius 2 is 2.00 bits per heavy atom. The first-order valence-electron chi connectivity index (χ1n) is 4.79. The number of nitrogens with one attached hydrogen (secondary N) is 1. The highest BCUT2D eigenvalue weighted by Gasteiger charge is 2.19. The molecule has 1 aliphatic rings. The third-order valence-electron chi connectivity index (χ3n) is 2.63. The van der Waals surface area contributed by atoms with Gasteiger partial charge in [0.05, 0.1) is 6.20 Å². The van der Waals surface area contributed by atoms with E-state index in [4.69, 9.17) is 0 Å². The molecule has 2 heterocycles. The maximum Gasteiger partial charge on any atom is 0.213 e. The Labute approximate surface area is 81.4 Å². The van der Waals surface area contributed by atoms with Crippen LogP contribution in [0.2, 0.25) is 0 Å². The van der Waals surface area contributed by atoms with Gasteiger partial charge in [-0.05, 0) is 43.5 Å². The molecule has 1 N–H and O–H groups in total. The average Bonchev–Trinajstić information content (AvgIpc) is 2.23. The third-order valence-corrected chi connectivity index (χ3v) is 2.63. The van der Waals surface area contributed by atoms with Crippen LogP contribution in [-0.4, -0.2) is 18.1 Å². The van der Waals surface area contributed by atoms with Crippen LogP contribution in [0.5, 0.6) is 0 Å². The Balaban J connectivity index is 2.24. The molecule has 76 valence electrons. The fraction of sp³-hybridized carbons (Fsp3) is 0.500. The van der Waals surface area contributed by atoms with Gasteiger partial charge in [0.15, 0.2) is 0 Å². The Kier molecular flexibility index (Phi) is 2.72. The molecule has 0 spiro atoms. The van der Waals surface area contributed by atoms with E-state index in [1.54, 1.807) is 0 Å². The fourth-order valence-electron chi connectivity index (χ4n) is 1.87. The molecule has 0 unspecified atom stereocenters. The van der Waals surface area contributed by atoms with Gasteiger partial charge < -0.3 is 5.32 Å².